The predicted octanol–water partition coefficient (Wildman–Crippen LogP) is 4.07. The lowest BCUT2D eigenvalue weighted by Gasteiger charge is -2.33. The molecule has 1 saturated carbocycles. The highest BCUT2D eigenvalue weighted by molar-refractivity contribution is 5.69. The zero-order chi connectivity index (χ0) is 17.6. The van der Waals surface area contributed by atoms with E-state index in [9.17, 15) is 4.79 Å². The van der Waals surface area contributed by atoms with Crippen LogP contribution in [-0.4, -0.2) is 30.2 Å². The van der Waals surface area contributed by atoms with Crippen LogP contribution in [0.15, 0.2) is 12.1 Å². The molecular formula is C21H30N2O2. The summed E-state index contributed by atoms with van der Waals surface area (Å²) in [6, 6.07) is 5.19. The van der Waals surface area contributed by atoms with Crippen molar-refractivity contribution in [3.63, 3.8) is 0 Å². The van der Waals surface area contributed by atoms with Crippen LogP contribution in [0.5, 0.6) is 0 Å². The van der Waals surface area contributed by atoms with Crippen LogP contribution in [0.1, 0.15) is 74.8 Å². The Morgan fingerprint density at radius 2 is 2.04 bits per heavy atom. The number of rotatable bonds is 2. The molecule has 136 valence electrons. The van der Waals surface area contributed by atoms with E-state index in [1.54, 1.807) is 0 Å². The first-order valence-electron chi connectivity index (χ1n) is 9.77. The van der Waals surface area contributed by atoms with Crippen molar-refractivity contribution in [2.24, 2.45) is 0 Å². The van der Waals surface area contributed by atoms with Crippen molar-refractivity contribution in [3.05, 3.63) is 34.4 Å². The van der Waals surface area contributed by atoms with Crippen LogP contribution in [0.4, 0.5) is 4.79 Å². The van der Waals surface area contributed by atoms with Gasteiger partial charge in [-0.25, -0.2) is 4.79 Å². The molecule has 0 unspecified atom stereocenters. The second-order valence-electron chi connectivity index (χ2n) is 8.86. The molecule has 4 rings (SSSR count). The van der Waals surface area contributed by atoms with Gasteiger partial charge in [-0.05, 0) is 66.3 Å². The molecule has 1 aromatic carbocycles. The molecule has 4 nitrogen and oxygen atoms in total. The lowest BCUT2D eigenvalue weighted by molar-refractivity contribution is 0.0913. The average Bonchev–Trinajstić information content (AvgIpc) is 3.22. The normalized spacial score (nSPS) is 23.5. The molecule has 0 radical (unpaired) electrons. The zero-order valence-corrected chi connectivity index (χ0v) is 15.7. The van der Waals surface area contributed by atoms with Crippen molar-refractivity contribution in [1.82, 2.24) is 10.2 Å². The number of fused-ring (bicyclic) bond motifs is 1. The topological polar surface area (TPSA) is 41.6 Å². The minimum absolute atomic E-state index is 0.127. The van der Waals surface area contributed by atoms with Gasteiger partial charge in [0, 0.05) is 19.1 Å². The first-order chi connectivity index (χ1) is 11.9. The SMILES string of the molecule is CC(C)(C)c1cc2c(c([C@@H]3CCCN3)c1)CN(C(=O)OC1CC1)CC2. The first kappa shape index (κ1) is 16.9. The van der Waals surface area contributed by atoms with Crippen molar-refractivity contribution in [2.75, 3.05) is 13.1 Å². The Kier molecular flexibility index (Phi) is 4.27. The van der Waals surface area contributed by atoms with Gasteiger partial charge in [0.25, 0.3) is 0 Å². The van der Waals surface area contributed by atoms with Gasteiger partial charge in [-0.3, -0.25) is 0 Å². The fourth-order valence-corrected chi connectivity index (χ4v) is 3.95. The summed E-state index contributed by atoms with van der Waals surface area (Å²) in [4.78, 5) is 14.3. The van der Waals surface area contributed by atoms with E-state index in [0.29, 0.717) is 12.6 Å². The zero-order valence-electron chi connectivity index (χ0n) is 15.7. The van der Waals surface area contributed by atoms with Crippen LogP contribution >= 0.6 is 0 Å². The van der Waals surface area contributed by atoms with Crippen molar-refractivity contribution in [1.29, 1.82) is 0 Å². The molecule has 2 fully saturated rings. The van der Waals surface area contributed by atoms with E-state index < -0.39 is 0 Å². The number of ether oxygens (including phenoxy) is 1. The smallest absolute Gasteiger partial charge is 0.410 e. The molecule has 1 amide bonds. The molecule has 0 bridgehead atoms. The summed E-state index contributed by atoms with van der Waals surface area (Å²) in [7, 11) is 0. The predicted molar refractivity (Wildman–Crippen MR) is 98.7 cm³/mol. The van der Waals surface area contributed by atoms with E-state index in [4.69, 9.17) is 4.74 Å². The number of carbonyl (C=O) groups excluding carboxylic acids is 1. The number of hydrogen-bond donors (Lipinski definition) is 1. The Morgan fingerprint density at radius 1 is 1.24 bits per heavy atom. The fourth-order valence-electron chi connectivity index (χ4n) is 3.95. The minimum Gasteiger partial charge on any atom is -0.446 e. The molecule has 0 spiro atoms. The molecule has 1 aliphatic carbocycles. The Morgan fingerprint density at radius 3 is 2.68 bits per heavy atom. The van der Waals surface area contributed by atoms with E-state index in [-0.39, 0.29) is 17.6 Å². The number of nitrogens with one attached hydrogen (secondary N) is 1. The van der Waals surface area contributed by atoms with Gasteiger partial charge in [-0.15, -0.1) is 0 Å². The number of carbonyl (C=O) groups is 1. The molecule has 1 saturated heterocycles. The Bertz CT molecular complexity index is 667. The number of amides is 1. The fraction of sp³-hybridized carbons (Fsp3) is 0.667. The van der Waals surface area contributed by atoms with E-state index in [0.717, 1.165) is 32.4 Å². The Balaban J connectivity index is 1.66. The summed E-state index contributed by atoms with van der Waals surface area (Å²) >= 11 is 0. The first-order valence-corrected chi connectivity index (χ1v) is 9.77. The van der Waals surface area contributed by atoms with E-state index in [2.05, 4.69) is 38.2 Å². The summed E-state index contributed by atoms with van der Waals surface area (Å²) < 4.78 is 5.53. The summed E-state index contributed by atoms with van der Waals surface area (Å²) in [6.45, 7) is 9.39. The van der Waals surface area contributed by atoms with Crippen molar-refractivity contribution in [3.8, 4) is 0 Å². The van der Waals surface area contributed by atoms with Gasteiger partial charge in [-0.1, -0.05) is 32.9 Å². The Hall–Kier alpha value is -1.55. The molecule has 25 heavy (non-hydrogen) atoms. The van der Waals surface area contributed by atoms with Crippen molar-refractivity contribution >= 4 is 6.09 Å². The lowest BCUT2D eigenvalue weighted by atomic mass is 9.80. The summed E-state index contributed by atoms with van der Waals surface area (Å²) in [6.07, 6.45) is 5.45. The third kappa shape index (κ3) is 3.55. The van der Waals surface area contributed by atoms with Crippen LogP contribution in [0, 0.1) is 0 Å². The van der Waals surface area contributed by atoms with Crippen LogP contribution in [-0.2, 0) is 23.1 Å². The summed E-state index contributed by atoms with van der Waals surface area (Å²) in [5.74, 6) is 0. The molecular weight excluding hydrogens is 312 g/mol. The Labute approximate surface area is 150 Å². The highest BCUT2D eigenvalue weighted by atomic mass is 16.6. The highest BCUT2D eigenvalue weighted by Gasteiger charge is 2.32. The molecule has 1 atom stereocenters. The van der Waals surface area contributed by atoms with E-state index in [1.807, 2.05) is 4.90 Å². The monoisotopic (exact) mass is 342 g/mol. The van der Waals surface area contributed by atoms with Crippen LogP contribution in [0.3, 0.4) is 0 Å². The second kappa shape index (κ2) is 6.31. The maximum absolute atomic E-state index is 12.4. The average molecular weight is 342 g/mol. The van der Waals surface area contributed by atoms with Gasteiger partial charge in [0.15, 0.2) is 0 Å². The minimum atomic E-state index is -0.127. The van der Waals surface area contributed by atoms with E-state index >= 15 is 0 Å². The molecule has 0 aromatic heterocycles. The number of hydrogen-bond acceptors (Lipinski definition) is 3. The number of nitrogens with zero attached hydrogens (tertiary/aromatic N) is 1. The summed E-state index contributed by atoms with van der Waals surface area (Å²) in [5.41, 5.74) is 5.73. The van der Waals surface area contributed by atoms with Crippen molar-refractivity contribution in [2.45, 2.75) is 77.0 Å². The number of benzene rings is 1. The van der Waals surface area contributed by atoms with Crippen LogP contribution < -0.4 is 5.32 Å². The third-order valence-electron chi connectivity index (χ3n) is 5.73. The molecule has 1 N–H and O–H groups in total. The van der Waals surface area contributed by atoms with Crippen molar-refractivity contribution < 1.29 is 9.53 Å². The van der Waals surface area contributed by atoms with Gasteiger partial charge in [0.2, 0.25) is 0 Å². The van der Waals surface area contributed by atoms with Crippen LogP contribution in [0.2, 0.25) is 0 Å². The quantitative estimate of drug-likeness (QED) is 0.881. The maximum Gasteiger partial charge on any atom is 0.410 e. The molecule has 4 heteroatoms. The highest BCUT2D eigenvalue weighted by Crippen LogP contribution is 2.36. The van der Waals surface area contributed by atoms with Gasteiger partial charge < -0.3 is 15.0 Å². The largest absolute Gasteiger partial charge is 0.446 e. The molecule has 2 heterocycles. The lowest BCUT2D eigenvalue weighted by Crippen LogP contribution is -2.38. The molecule has 1 aromatic rings. The van der Waals surface area contributed by atoms with Gasteiger partial charge >= 0.3 is 6.09 Å². The van der Waals surface area contributed by atoms with Crippen LogP contribution in [0.25, 0.3) is 0 Å². The third-order valence-corrected chi connectivity index (χ3v) is 5.73. The maximum atomic E-state index is 12.4. The van der Waals surface area contributed by atoms with Gasteiger partial charge in [0.05, 0.1) is 0 Å². The molecule has 3 aliphatic rings. The van der Waals surface area contributed by atoms with Gasteiger partial charge in [0.1, 0.15) is 6.10 Å². The van der Waals surface area contributed by atoms with E-state index in [1.165, 1.54) is 35.1 Å². The molecule has 2 aliphatic heterocycles. The second-order valence-corrected chi connectivity index (χ2v) is 8.86. The van der Waals surface area contributed by atoms with Gasteiger partial charge in [-0.2, -0.15) is 0 Å². The standard InChI is InChI=1S/C21H30N2O2/c1-21(2,3)15-11-14-8-10-23(20(24)25-16-6-7-16)13-18(14)17(12-15)19-5-4-9-22-19/h11-12,16,19,22H,4-10,13H2,1-3H3/t19-/m0/s1. The summed E-state index contributed by atoms with van der Waals surface area (Å²) in [5, 5.41) is 3.65.